The minimum absolute atomic E-state index is 0.101. The SMILES string of the molecule is CC1CC(C(=O)O)CN(CC(=O)NCc2ccc(F)cc2C(F)(F)F)C1. The van der Waals surface area contributed by atoms with Crippen LogP contribution in [0.3, 0.4) is 0 Å². The second-order valence-corrected chi connectivity index (χ2v) is 6.65. The number of hydrogen-bond donors (Lipinski definition) is 2. The number of nitrogens with zero attached hydrogens (tertiary/aromatic N) is 1. The fourth-order valence-corrected chi connectivity index (χ4v) is 3.19. The number of carboxylic acids is 1. The molecule has 2 atom stereocenters. The number of halogens is 4. The number of piperidine rings is 1. The maximum absolute atomic E-state index is 13.1. The molecular weight excluding hydrogens is 356 g/mol. The first-order valence-electron chi connectivity index (χ1n) is 8.13. The van der Waals surface area contributed by atoms with E-state index in [0.29, 0.717) is 19.0 Å². The molecule has 1 fully saturated rings. The molecule has 0 aromatic heterocycles. The van der Waals surface area contributed by atoms with Gasteiger partial charge in [0.1, 0.15) is 5.82 Å². The van der Waals surface area contributed by atoms with Crippen molar-refractivity contribution in [3.63, 3.8) is 0 Å². The van der Waals surface area contributed by atoms with E-state index in [9.17, 15) is 27.2 Å². The number of rotatable bonds is 5. The highest BCUT2D eigenvalue weighted by Gasteiger charge is 2.34. The molecule has 0 bridgehead atoms. The fraction of sp³-hybridized carbons (Fsp3) is 0.529. The van der Waals surface area contributed by atoms with Crippen LogP contribution in [-0.4, -0.2) is 41.5 Å². The van der Waals surface area contributed by atoms with Crippen LogP contribution in [0.2, 0.25) is 0 Å². The second kappa shape index (κ2) is 8.03. The number of nitrogens with one attached hydrogen (secondary N) is 1. The van der Waals surface area contributed by atoms with E-state index < -0.39 is 35.4 Å². The maximum Gasteiger partial charge on any atom is 0.416 e. The van der Waals surface area contributed by atoms with Crippen molar-refractivity contribution in [1.29, 1.82) is 0 Å². The third-order valence-corrected chi connectivity index (χ3v) is 4.31. The van der Waals surface area contributed by atoms with Crippen molar-refractivity contribution in [3.05, 3.63) is 35.1 Å². The van der Waals surface area contributed by atoms with Gasteiger partial charge in [-0.25, -0.2) is 4.39 Å². The molecule has 5 nitrogen and oxygen atoms in total. The van der Waals surface area contributed by atoms with Gasteiger partial charge in [-0.05, 0) is 30.0 Å². The van der Waals surface area contributed by atoms with Crippen LogP contribution in [0.5, 0.6) is 0 Å². The van der Waals surface area contributed by atoms with Gasteiger partial charge in [0.2, 0.25) is 5.91 Å². The van der Waals surface area contributed by atoms with E-state index in [4.69, 9.17) is 5.11 Å². The highest BCUT2D eigenvalue weighted by molar-refractivity contribution is 5.78. The van der Waals surface area contributed by atoms with Crippen LogP contribution in [0.25, 0.3) is 0 Å². The highest BCUT2D eigenvalue weighted by atomic mass is 19.4. The number of hydrogen-bond acceptors (Lipinski definition) is 3. The molecular formula is C17H20F4N2O3. The zero-order valence-electron chi connectivity index (χ0n) is 14.1. The lowest BCUT2D eigenvalue weighted by Crippen LogP contribution is -2.46. The number of carbonyl (C=O) groups is 2. The number of aliphatic carboxylic acids is 1. The number of likely N-dealkylation sites (tertiary alicyclic amines) is 1. The summed E-state index contributed by atoms with van der Waals surface area (Å²) >= 11 is 0. The summed E-state index contributed by atoms with van der Waals surface area (Å²) in [5, 5.41) is 11.5. The molecule has 0 aliphatic carbocycles. The first-order valence-corrected chi connectivity index (χ1v) is 8.13. The topological polar surface area (TPSA) is 69.6 Å². The van der Waals surface area contributed by atoms with Crippen molar-refractivity contribution in [2.45, 2.75) is 26.1 Å². The average molecular weight is 376 g/mol. The fourth-order valence-electron chi connectivity index (χ4n) is 3.19. The number of amides is 1. The molecule has 1 aliphatic rings. The van der Waals surface area contributed by atoms with Crippen molar-refractivity contribution >= 4 is 11.9 Å². The van der Waals surface area contributed by atoms with E-state index in [0.717, 1.165) is 12.1 Å². The second-order valence-electron chi connectivity index (χ2n) is 6.65. The highest BCUT2D eigenvalue weighted by Crippen LogP contribution is 2.32. The summed E-state index contributed by atoms with van der Waals surface area (Å²) < 4.78 is 51.9. The summed E-state index contributed by atoms with van der Waals surface area (Å²) in [6.45, 7) is 2.16. The lowest BCUT2D eigenvalue weighted by molar-refractivity contribution is -0.145. The normalized spacial score (nSPS) is 21.4. The Bertz CT molecular complexity index is 678. The summed E-state index contributed by atoms with van der Waals surface area (Å²) in [5.74, 6) is -2.91. The lowest BCUT2D eigenvalue weighted by atomic mass is 9.90. The zero-order valence-corrected chi connectivity index (χ0v) is 14.1. The third-order valence-electron chi connectivity index (χ3n) is 4.31. The Balaban J connectivity index is 1.96. The monoisotopic (exact) mass is 376 g/mol. The van der Waals surface area contributed by atoms with E-state index in [1.807, 2.05) is 6.92 Å². The molecule has 0 radical (unpaired) electrons. The molecule has 1 amide bonds. The third kappa shape index (κ3) is 5.42. The first kappa shape index (κ1) is 20.2. The quantitative estimate of drug-likeness (QED) is 0.775. The van der Waals surface area contributed by atoms with Gasteiger partial charge in [-0.1, -0.05) is 13.0 Å². The van der Waals surface area contributed by atoms with Gasteiger partial charge in [0.25, 0.3) is 0 Å². The van der Waals surface area contributed by atoms with Gasteiger partial charge in [0.05, 0.1) is 18.0 Å². The Hall–Kier alpha value is -2.16. The zero-order chi connectivity index (χ0) is 19.5. The summed E-state index contributed by atoms with van der Waals surface area (Å²) in [6.07, 6.45) is -4.20. The van der Waals surface area contributed by atoms with Crippen LogP contribution in [0.4, 0.5) is 17.6 Å². The largest absolute Gasteiger partial charge is 0.481 e. The molecule has 2 rings (SSSR count). The van der Waals surface area contributed by atoms with Gasteiger partial charge in [-0.3, -0.25) is 14.5 Å². The van der Waals surface area contributed by atoms with Crippen LogP contribution >= 0.6 is 0 Å². The van der Waals surface area contributed by atoms with Crippen LogP contribution in [0, 0.1) is 17.7 Å². The molecule has 26 heavy (non-hydrogen) atoms. The predicted octanol–water partition coefficient (Wildman–Crippen LogP) is 2.50. The molecule has 0 saturated carbocycles. The Morgan fingerprint density at radius 2 is 2.00 bits per heavy atom. The van der Waals surface area contributed by atoms with Crippen LogP contribution in [0.1, 0.15) is 24.5 Å². The van der Waals surface area contributed by atoms with E-state index in [2.05, 4.69) is 5.32 Å². The molecule has 2 N–H and O–H groups in total. The number of alkyl halides is 3. The Kier molecular flexibility index (Phi) is 6.22. The molecule has 0 spiro atoms. The number of carboxylic acid groups (broad SMARTS) is 1. The minimum Gasteiger partial charge on any atom is -0.481 e. The van der Waals surface area contributed by atoms with Crippen LogP contribution in [-0.2, 0) is 22.3 Å². The van der Waals surface area contributed by atoms with Gasteiger partial charge in [-0.2, -0.15) is 13.2 Å². The van der Waals surface area contributed by atoms with Crippen molar-refractivity contribution in [2.75, 3.05) is 19.6 Å². The van der Waals surface area contributed by atoms with E-state index in [-0.39, 0.29) is 31.1 Å². The first-order chi connectivity index (χ1) is 12.1. The molecule has 144 valence electrons. The average Bonchev–Trinajstić information content (AvgIpc) is 2.52. The number of carbonyl (C=O) groups excluding carboxylic acids is 1. The molecule has 2 unspecified atom stereocenters. The summed E-state index contributed by atoms with van der Waals surface area (Å²) in [7, 11) is 0. The van der Waals surface area contributed by atoms with Crippen LogP contribution < -0.4 is 5.32 Å². The molecule has 1 saturated heterocycles. The minimum atomic E-state index is -4.72. The van der Waals surface area contributed by atoms with Gasteiger partial charge < -0.3 is 10.4 Å². The van der Waals surface area contributed by atoms with Gasteiger partial charge in [-0.15, -0.1) is 0 Å². The van der Waals surface area contributed by atoms with E-state index >= 15 is 0 Å². The number of benzene rings is 1. The molecule has 1 aromatic rings. The van der Waals surface area contributed by atoms with Crippen molar-refractivity contribution < 1.29 is 32.3 Å². The molecule has 1 heterocycles. The molecule has 9 heteroatoms. The lowest BCUT2D eigenvalue weighted by Gasteiger charge is -2.34. The van der Waals surface area contributed by atoms with Gasteiger partial charge in [0.15, 0.2) is 0 Å². The van der Waals surface area contributed by atoms with Crippen molar-refractivity contribution in [1.82, 2.24) is 10.2 Å². The summed E-state index contributed by atoms with van der Waals surface area (Å²) in [6, 6.07) is 2.29. The van der Waals surface area contributed by atoms with Crippen molar-refractivity contribution in [2.24, 2.45) is 11.8 Å². The van der Waals surface area contributed by atoms with Crippen LogP contribution in [0.15, 0.2) is 18.2 Å². The maximum atomic E-state index is 13.1. The molecule has 1 aromatic carbocycles. The summed E-state index contributed by atoms with van der Waals surface area (Å²) in [5.41, 5.74) is -1.36. The van der Waals surface area contributed by atoms with Gasteiger partial charge in [0, 0.05) is 19.6 Å². The Morgan fingerprint density at radius 1 is 1.31 bits per heavy atom. The summed E-state index contributed by atoms with van der Waals surface area (Å²) in [4.78, 5) is 24.9. The van der Waals surface area contributed by atoms with E-state index in [1.54, 1.807) is 4.90 Å². The van der Waals surface area contributed by atoms with Gasteiger partial charge >= 0.3 is 12.1 Å². The van der Waals surface area contributed by atoms with E-state index in [1.165, 1.54) is 0 Å². The van der Waals surface area contributed by atoms with Crippen molar-refractivity contribution in [3.8, 4) is 0 Å². The molecule has 1 aliphatic heterocycles. The Morgan fingerprint density at radius 3 is 2.62 bits per heavy atom. The smallest absolute Gasteiger partial charge is 0.416 e. The standard InChI is InChI=1S/C17H20F4N2O3/c1-10-4-12(16(25)26)8-23(7-10)9-15(24)22-6-11-2-3-13(18)5-14(11)17(19,20)21/h2-3,5,10,12H,4,6-9H2,1H3,(H,22,24)(H,25,26). The predicted molar refractivity (Wildman–Crippen MR) is 84.6 cm³/mol. The Labute approximate surface area is 148 Å².